The van der Waals surface area contributed by atoms with E-state index in [9.17, 15) is 31.5 Å². The molecule has 1 heterocycles. The molecule has 0 spiro atoms. The Morgan fingerprint density at radius 1 is 1.42 bits per heavy atom. The summed E-state index contributed by atoms with van der Waals surface area (Å²) in [5.41, 5.74) is -5.08. The van der Waals surface area contributed by atoms with Crippen molar-refractivity contribution >= 4 is 5.97 Å². The van der Waals surface area contributed by atoms with E-state index >= 15 is 0 Å². The summed E-state index contributed by atoms with van der Waals surface area (Å²) in [6, 6.07) is 0.115. The molecule has 0 atom stereocenters. The molecule has 0 aliphatic heterocycles. The second-order valence-electron chi connectivity index (χ2n) is 3.50. The molecule has 0 unspecified atom stereocenters. The van der Waals surface area contributed by atoms with Crippen LogP contribution in [0.1, 0.15) is 23.2 Å². The number of rotatable bonds is 3. The number of methoxy groups -OCH3 is 1. The number of carbonyl (C=O) groups is 1. The average molecular weight is 285 g/mol. The van der Waals surface area contributed by atoms with Crippen LogP contribution in [-0.2, 0) is 22.1 Å². The van der Waals surface area contributed by atoms with Crippen LogP contribution in [0, 0.1) is 0 Å². The van der Waals surface area contributed by atoms with Gasteiger partial charge in [-0.1, -0.05) is 0 Å². The summed E-state index contributed by atoms with van der Waals surface area (Å²) in [7, 11) is 0.928. The van der Waals surface area contributed by atoms with Crippen LogP contribution in [0.4, 0.5) is 22.0 Å². The van der Waals surface area contributed by atoms with Crippen LogP contribution >= 0.6 is 0 Å². The Balaban J connectivity index is 3.44. The second-order valence-corrected chi connectivity index (χ2v) is 3.50. The summed E-state index contributed by atoms with van der Waals surface area (Å²) in [5.74, 6) is -1.08. The molecule has 19 heavy (non-hydrogen) atoms. The summed E-state index contributed by atoms with van der Waals surface area (Å²) in [4.78, 5) is 23.9. The van der Waals surface area contributed by atoms with Crippen LogP contribution in [0.25, 0.3) is 0 Å². The predicted molar refractivity (Wildman–Crippen MR) is 52.7 cm³/mol. The zero-order valence-electron chi connectivity index (χ0n) is 9.48. The van der Waals surface area contributed by atoms with Crippen LogP contribution in [0.15, 0.2) is 10.9 Å². The van der Waals surface area contributed by atoms with E-state index in [1.807, 2.05) is 0 Å². The molecular formula is C10H8F5NO3. The lowest BCUT2D eigenvalue weighted by Gasteiger charge is -2.13. The largest absolute Gasteiger partial charge is 0.469 e. The minimum absolute atomic E-state index is 0.115. The Kier molecular flexibility index (Phi) is 4.28. The van der Waals surface area contributed by atoms with Gasteiger partial charge in [-0.05, 0) is 6.07 Å². The van der Waals surface area contributed by atoms with E-state index in [0.29, 0.717) is 0 Å². The van der Waals surface area contributed by atoms with Crippen LogP contribution in [0.3, 0.4) is 0 Å². The molecule has 0 saturated carbocycles. The predicted octanol–water partition coefficient (Wildman–Crippen LogP) is 2.05. The summed E-state index contributed by atoms with van der Waals surface area (Å²) >= 11 is 0. The molecule has 0 saturated heterocycles. The highest BCUT2D eigenvalue weighted by atomic mass is 19.4. The summed E-state index contributed by atoms with van der Waals surface area (Å²) in [6.45, 7) is 0. The zero-order valence-corrected chi connectivity index (χ0v) is 9.48. The Morgan fingerprint density at radius 3 is 2.42 bits per heavy atom. The number of aromatic nitrogens is 1. The zero-order chi connectivity index (χ0) is 14.8. The number of H-pyrrole nitrogens is 1. The number of alkyl halides is 5. The van der Waals surface area contributed by atoms with Crippen LogP contribution in [0.5, 0.6) is 0 Å². The number of carbonyl (C=O) groups excluding carboxylic acids is 1. The number of hydrogen-bond donors (Lipinski definition) is 1. The fourth-order valence-electron chi connectivity index (χ4n) is 1.37. The van der Waals surface area contributed by atoms with E-state index in [1.54, 1.807) is 4.98 Å². The van der Waals surface area contributed by atoms with Crippen molar-refractivity contribution in [3.05, 3.63) is 33.2 Å². The van der Waals surface area contributed by atoms with Crippen molar-refractivity contribution in [3.63, 3.8) is 0 Å². The van der Waals surface area contributed by atoms with E-state index in [2.05, 4.69) is 4.74 Å². The first-order valence-electron chi connectivity index (χ1n) is 4.85. The maximum absolute atomic E-state index is 12.7. The first kappa shape index (κ1) is 15.1. The maximum atomic E-state index is 12.7. The highest BCUT2D eigenvalue weighted by Gasteiger charge is 2.36. The standard InChI is InChI=1S/C10H8F5NO3/c1-19-7(17)2-4-5(10(13,14)15)3-6(8(11)12)16-9(4)18/h3,8H,2H2,1H3,(H,16,18). The van der Waals surface area contributed by atoms with Gasteiger partial charge in [-0.3, -0.25) is 9.59 Å². The molecule has 1 aromatic rings. The van der Waals surface area contributed by atoms with Gasteiger partial charge in [0.2, 0.25) is 0 Å². The third kappa shape index (κ3) is 3.52. The van der Waals surface area contributed by atoms with Gasteiger partial charge in [0.1, 0.15) is 0 Å². The number of aromatic amines is 1. The Bertz CT molecular complexity index is 535. The average Bonchev–Trinajstić information content (AvgIpc) is 2.29. The molecule has 1 N–H and O–H groups in total. The molecule has 0 bridgehead atoms. The number of pyridine rings is 1. The lowest BCUT2D eigenvalue weighted by Crippen LogP contribution is -2.25. The van der Waals surface area contributed by atoms with E-state index < -0.39 is 47.4 Å². The van der Waals surface area contributed by atoms with Crippen molar-refractivity contribution in [1.82, 2.24) is 4.98 Å². The molecule has 0 aliphatic carbocycles. The molecule has 0 aliphatic rings. The summed E-state index contributed by atoms with van der Waals surface area (Å²) < 4.78 is 66.9. The van der Waals surface area contributed by atoms with Crippen molar-refractivity contribution in [2.45, 2.75) is 19.0 Å². The van der Waals surface area contributed by atoms with Gasteiger partial charge < -0.3 is 9.72 Å². The SMILES string of the molecule is COC(=O)Cc1c(C(F)(F)F)cc(C(F)F)[nH]c1=O. The highest BCUT2D eigenvalue weighted by Crippen LogP contribution is 2.32. The molecule has 0 radical (unpaired) electrons. The smallest absolute Gasteiger partial charge is 0.416 e. The first-order valence-corrected chi connectivity index (χ1v) is 4.85. The Morgan fingerprint density at radius 2 is 2.00 bits per heavy atom. The third-order valence-electron chi connectivity index (χ3n) is 2.25. The number of ether oxygens (including phenoxy) is 1. The van der Waals surface area contributed by atoms with Gasteiger partial charge in [0.05, 0.1) is 24.8 Å². The molecule has 4 nitrogen and oxygen atoms in total. The maximum Gasteiger partial charge on any atom is 0.416 e. The fraction of sp³-hybridized carbons (Fsp3) is 0.400. The molecule has 1 rings (SSSR count). The van der Waals surface area contributed by atoms with E-state index in [4.69, 9.17) is 0 Å². The van der Waals surface area contributed by atoms with Gasteiger partial charge in [-0.15, -0.1) is 0 Å². The van der Waals surface area contributed by atoms with Crippen molar-refractivity contribution in [3.8, 4) is 0 Å². The van der Waals surface area contributed by atoms with Crippen LogP contribution in [0.2, 0.25) is 0 Å². The van der Waals surface area contributed by atoms with Crippen LogP contribution in [-0.4, -0.2) is 18.1 Å². The molecule has 9 heteroatoms. The number of nitrogens with one attached hydrogen (secondary N) is 1. The van der Waals surface area contributed by atoms with Crippen molar-refractivity contribution in [1.29, 1.82) is 0 Å². The molecule has 0 fully saturated rings. The van der Waals surface area contributed by atoms with Gasteiger partial charge in [0.15, 0.2) is 0 Å². The van der Waals surface area contributed by atoms with Gasteiger partial charge in [0.25, 0.3) is 12.0 Å². The minimum Gasteiger partial charge on any atom is -0.469 e. The van der Waals surface area contributed by atoms with Gasteiger partial charge >= 0.3 is 12.1 Å². The quantitative estimate of drug-likeness (QED) is 0.683. The molecule has 0 amide bonds. The van der Waals surface area contributed by atoms with Crippen molar-refractivity contribution in [2.75, 3.05) is 7.11 Å². The van der Waals surface area contributed by atoms with E-state index in [-0.39, 0.29) is 6.07 Å². The van der Waals surface area contributed by atoms with Crippen LogP contribution < -0.4 is 5.56 Å². The van der Waals surface area contributed by atoms with Gasteiger partial charge in [-0.25, -0.2) is 8.78 Å². The molecule has 106 valence electrons. The number of halogens is 5. The number of esters is 1. The van der Waals surface area contributed by atoms with E-state index in [1.165, 1.54) is 0 Å². The van der Waals surface area contributed by atoms with Gasteiger partial charge in [0, 0.05) is 5.56 Å². The summed E-state index contributed by atoms with van der Waals surface area (Å²) in [6.07, 6.45) is -9.24. The lowest BCUT2D eigenvalue weighted by molar-refractivity contribution is -0.141. The van der Waals surface area contributed by atoms with Crippen molar-refractivity contribution in [2.24, 2.45) is 0 Å². The Hall–Kier alpha value is -1.93. The Labute approximate surface area is 103 Å². The second kappa shape index (κ2) is 5.37. The minimum atomic E-state index is -5.03. The monoisotopic (exact) mass is 285 g/mol. The topological polar surface area (TPSA) is 59.2 Å². The third-order valence-corrected chi connectivity index (χ3v) is 2.25. The van der Waals surface area contributed by atoms with E-state index in [0.717, 1.165) is 7.11 Å². The highest BCUT2D eigenvalue weighted by molar-refractivity contribution is 5.72. The number of hydrogen-bond acceptors (Lipinski definition) is 3. The lowest BCUT2D eigenvalue weighted by atomic mass is 10.1. The molecule has 0 aromatic carbocycles. The first-order chi connectivity index (χ1) is 8.66. The molecular weight excluding hydrogens is 277 g/mol. The van der Waals surface area contributed by atoms with Gasteiger partial charge in [-0.2, -0.15) is 13.2 Å². The molecule has 1 aromatic heterocycles. The summed E-state index contributed by atoms with van der Waals surface area (Å²) in [5, 5.41) is 0. The fourth-order valence-corrected chi connectivity index (χ4v) is 1.37. The normalized spacial score (nSPS) is 11.7. The van der Waals surface area contributed by atoms with Crippen molar-refractivity contribution < 1.29 is 31.5 Å².